The van der Waals surface area contributed by atoms with E-state index < -0.39 is 0 Å². The number of rotatable bonds is 5. The molecular weight excluding hydrogens is 340 g/mol. The van der Waals surface area contributed by atoms with Crippen molar-refractivity contribution in [2.24, 2.45) is 0 Å². The fourth-order valence-electron chi connectivity index (χ4n) is 2.84. The van der Waals surface area contributed by atoms with Crippen LogP contribution in [0.4, 0.5) is 4.79 Å². The molecule has 0 saturated carbocycles. The van der Waals surface area contributed by atoms with E-state index in [-0.39, 0.29) is 12.1 Å². The minimum absolute atomic E-state index is 0.0695. The van der Waals surface area contributed by atoms with Gasteiger partial charge in [-0.25, -0.2) is 4.79 Å². The Kier molecular flexibility index (Phi) is 5.66. The van der Waals surface area contributed by atoms with Crippen molar-refractivity contribution in [2.75, 3.05) is 20.3 Å². The molecule has 132 valence electrons. The molecular formula is C19H21ClN2O3. The molecule has 0 aromatic heterocycles. The monoisotopic (exact) mass is 360 g/mol. The number of hydrogen-bond donors (Lipinski definition) is 2. The largest absolute Gasteiger partial charge is 0.497 e. The number of carbonyl (C=O) groups excluding carboxylic acids is 1. The lowest BCUT2D eigenvalue weighted by atomic mass is 10.0. The third kappa shape index (κ3) is 4.57. The second-order valence-electron chi connectivity index (χ2n) is 5.93. The number of nitrogens with one attached hydrogen (secondary N) is 2. The van der Waals surface area contributed by atoms with Gasteiger partial charge in [-0.15, -0.1) is 0 Å². The smallest absolute Gasteiger partial charge is 0.315 e. The van der Waals surface area contributed by atoms with Crippen LogP contribution in [0.5, 0.6) is 11.5 Å². The normalized spacial score (nSPS) is 15.7. The number of carbonyl (C=O) groups is 1. The molecule has 2 aromatic carbocycles. The molecule has 2 aromatic rings. The van der Waals surface area contributed by atoms with Crippen molar-refractivity contribution in [3.05, 3.63) is 58.6 Å². The highest BCUT2D eigenvalue weighted by Crippen LogP contribution is 2.28. The molecule has 1 aliphatic rings. The minimum atomic E-state index is -0.202. The van der Waals surface area contributed by atoms with E-state index in [0.29, 0.717) is 26.0 Å². The lowest BCUT2D eigenvalue weighted by Gasteiger charge is -2.26. The highest BCUT2D eigenvalue weighted by Gasteiger charge is 2.21. The molecule has 6 heteroatoms. The first-order valence-corrected chi connectivity index (χ1v) is 8.61. The molecule has 1 atom stereocenters. The predicted molar refractivity (Wildman–Crippen MR) is 97.7 cm³/mol. The van der Waals surface area contributed by atoms with Crippen LogP contribution in [0, 0.1) is 0 Å². The maximum Gasteiger partial charge on any atom is 0.315 e. The molecule has 0 aliphatic carbocycles. The Hall–Kier alpha value is -2.40. The summed E-state index contributed by atoms with van der Waals surface area (Å²) in [6, 6.07) is 13.1. The van der Waals surface area contributed by atoms with Crippen LogP contribution in [0.15, 0.2) is 42.5 Å². The summed E-state index contributed by atoms with van der Waals surface area (Å²) >= 11 is 6.11. The molecule has 0 unspecified atom stereocenters. The van der Waals surface area contributed by atoms with E-state index >= 15 is 0 Å². The summed E-state index contributed by atoms with van der Waals surface area (Å²) in [4.78, 5) is 12.1. The molecule has 0 fully saturated rings. The molecule has 1 heterocycles. The number of hydrogen-bond acceptors (Lipinski definition) is 3. The molecule has 0 bridgehead atoms. The highest BCUT2D eigenvalue weighted by atomic mass is 35.5. The van der Waals surface area contributed by atoms with E-state index in [4.69, 9.17) is 21.1 Å². The zero-order chi connectivity index (χ0) is 17.6. The molecule has 0 spiro atoms. The van der Waals surface area contributed by atoms with Crippen LogP contribution in [-0.2, 0) is 12.8 Å². The van der Waals surface area contributed by atoms with Crippen molar-refractivity contribution in [1.82, 2.24) is 10.6 Å². The molecule has 1 aliphatic heterocycles. The number of methoxy groups -OCH3 is 1. The first-order valence-electron chi connectivity index (χ1n) is 8.23. The molecule has 3 rings (SSSR count). The second-order valence-corrected chi connectivity index (χ2v) is 6.33. The average Bonchev–Trinajstić information content (AvgIpc) is 2.62. The van der Waals surface area contributed by atoms with Gasteiger partial charge in [-0.3, -0.25) is 0 Å². The summed E-state index contributed by atoms with van der Waals surface area (Å²) in [6.45, 7) is 0.977. The number of fused-ring (bicyclic) bond motifs is 1. The number of halogens is 1. The summed E-state index contributed by atoms with van der Waals surface area (Å²) in [5, 5.41) is 6.53. The zero-order valence-corrected chi connectivity index (χ0v) is 14.8. The van der Waals surface area contributed by atoms with Gasteiger partial charge >= 0.3 is 6.03 Å². The first-order chi connectivity index (χ1) is 12.2. The molecule has 0 saturated heterocycles. The average molecular weight is 361 g/mol. The Labute approximate surface area is 152 Å². The SMILES string of the molecule is COc1ccc2c(c1)C[C@H](NC(=O)NCCc1ccccc1Cl)CO2. The van der Waals surface area contributed by atoms with Gasteiger partial charge in [0.1, 0.15) is 18.1 Å². The maximum atomic E-state index is 12.1. The predicted octanol–water partition coefficient (Wildman–Crippen LogP) is 3.19. The highest BCUT2D eigenvalue weighted by molar-refractivity contribution is 6.31. The van der Waals surface area contributed by atoms with E-state index in [9.17, 15) is 4.79 Å². The number of amides is 2. The Morgan fingerprint density at radius 2 is 2.16 bits per heavy atom. The van der Waals surface area contributed by atoms with Gasteiger partial charge in [-0.05, 0) is 48.2 Å². The van der Waals surface area contributed by atoms with Crippen molar-refractivity contribution in [2.45, 2.75) is 18.9 Å². The van der Waals surface area contributed by atoms with Crippen molar-refractivity contribution >= 4 is 17.6 Å². The summed E-state index contributed by atoms with van der Waals surface area (Å²) in [5.41, 5.74) is 2.05. The van der Waals surface area contributed by atoms with Crippen LogP contribution >= 0.6 is 11.6 Å². The molecule has 0 radical (unpaired) electrons. The van der Waals surface area contributed by atoms with E-state index in [2.05, 4.69) is 10.6 Å². The Morgan fingerprint density at radius 3 is 2.96 bits per heavy atom. The third-order valence-electron chi connectivity index (χ3n) is 4.15. The fraction of sp³-hybridized carbons (Fsp3) is 0.316. The summed E-state index contributed by atoms with van der Waals surface area (Å²) in [7, 11) is 1.63. The van der Waals surface area contributed by atoms with Gasteiger partial charge in [0.15, 0.2) is 0 Å². The van der Waals surface area contributed by atoms with Crippen LogP contribution in [0.3, 0.4) is 0 Å². The van der Waals surface area contributed by atoms with E-state index in [0.717, 1.165) is 27.6 Å². The van der Waals surface area contributed by atoms with Crippen molar-refractivity contribution in [3.63, 3.8) is 0 Å². The Balaban J connectivity index is 1.48. The van der Waals surface area contributed by atoms with Crippen molar-refractivity contribution < 1.29 is 14.3 Å². The minimum Gasteiger partial charge on any atom is -0.497 e. The van der Waals surface area contributed by atoms with Crippen LogP contribution in [-0.4, -0.2) is 32.3 Å². The van der Waals surface area contributed by atoms with Crippen LogP contribution in [0.2, 0.25) is 5.02 Å². The van der Waals surface area contributed by atoms with Gasteiger partial charge in [-0.1, -0.05) is 29.8 Å². The second kappa shape index (κ2) is 8.12. The van der Waals surface area contributed by atoms with Gasteiger partial charge < -0.3 is 20.1 Å². The fourth-order valence-corrected chi connectivity index (χ4v) is 3.07. The summed E-state index contributed by atoms with van der Waals surface area (Å²) < 4.78 is 10.9. The van der Waals surface area contributed by atoms with E-state index in [1.165, 1.54) is 0 Å². The Bertz CT molecular complexity index is 751. The van der Waals surface area contributed by atoms with Gasteiger partial charge in [0.25, 0.3) is 0 Å². The van der Waals surface area contributed by atoms with Gasteiger partial charge in [0.05, 0.1) is 13.2 Å². The number of urea groups is 1. The van der Waals surface area contributed by atoms with Gasteiger partial charge in [0.2, 0.25) is 0 Å². The molecule has 2 amide bonds. The summed E-state index contributed by atoms with van der Waals surface area (Å²) in [5.74, 6) is 1.63. The molecule has 2 N–H and O–H groups in total. The Morgan fingerprint density at radius 1 is 1.32 bits per heavy atom. The van der Waals surface area contributed by atoms with Crippen LogP contribution in [0.1, 0.15) is 11.1 Å². The number of benzene rings is 2. The molecule has 25 heavy (non-hydrogen) atoms. The topological polar surface area (TPSA) is 59.6 Å². The van der Waals surface area contributed by atoms with Gasteiger partial charge in [-0.2, -0.15) is 0 Å². The lowest BCUT2D eigenvalue weighted by Crippen LogP contribution is -2.47. The van der Waals surface area contributed by atoms with Crippen LogP contribution in [0.25, 0.3) is 0 Å². The van der Waals surface area contributed by atoms with Gasteiger partial charge in [0, 0.05) is 11.6 Å². The maximum absolute atomic E-state index is 12.1. The standard InChI is InChI=1S/C19H21ClN2O3/c1-24-16-6-7-18-14(11-16)10-15(12-25-18)22-19(23)21-9-8-13-4-2-3-5-17(13)20/h2-7,11,15H,8-10,12H2,1H3,(H2,21,22,23)/t15-/m0/s1. The van der Waals surface area contributed by atoms with Crippen LogP contribution < -0.4 is 20.1 Å². The summed E-state index contributed by atoms with van der Waals surface area (Å²) in [6.07, 6.45) is 1.40. The number of ether oxygens (including phenoxy) is 2. The zero-order valence-electron chi connectivity index (χ0n) is 14.0. The quantitative estimate of drug-likeness (QED) is 0.860. The van der Waals surface area contributed by atoms with E-state index in [1.807, 2.05) is 42.5 Å². The van der Waals surface area contributed by atoms with Crippen molar-refractivity contribution in [1.29, 1.82) is 0 Å². The first kappa shape index (κ1) is 17.4. The lowest BCUT2D eigenvalue weighted by molar-refractivity contribution is 0.214. The third-order valence-corrected chi connectivity index (χ3v) is 4.52. The van der Waals surface area contributed by atoms with Crippen molar-refractivity contribution in [3.8, 4) is 11.5 Å². The molecule has 5 nitrogen and oxygen atoms in total. The van der Waals surface area contributed by atoms with E-state index in [1.54, 1.807) is 7.11 Å².